The van der Waals surface area contributed by atoms with Gasteiger partial charge in [0.1, 0.15) is 0 Å². The number of hydrogen-bond donors (Lipinski definition) is 1. The Bertz CT molecular complexity index is 284. The van der Waals surface area contributed by atoms with Crippen molar-refractivity contribution in [1.82, 2.24) is 10.2 Å². The molecular formula is C17H32N2. The molecule has 2 atom stereocenters. The van der Waals surface area contributed by atoms with Gasteiger partial charge >= 0.3 is 0 Å². The highest BCUT2D eigenvalue weighted by Gasteiger charge is 2.47. The van der Waals surface area contributed by atoms with E-state index in [1.165, 1.54) is 70.9 Å². The molecule has 0 radical (unpaired) electrons. The summed E-state index contributed by atoms with van der Waals surface area (Å²) in [6.45, 7) is 7.31. The number of rotatable bonds is 6. The Hall–Kier alpha value is -0.0800. The summed E-state index contributed by atoms with van der Waals surface area (Å²) in [4.78, 5) is 2.93. The molecule has 1 N–H and O–H groups in total. The van der Waals surface area contributed by atoms with Gasteiger partial charge in [0.15, 0.2) is 0 Å². The lowest BCUT2D eigenvalue weighted by Gasteiger charge is -2.50. The zero-order valence-electron chi connectivity index (χ0n) is 13.0. The first-order chi connectivity index (χ1) is 9.26. The van der Waals surface area contributed by atoms with E-state index in [0.29, 0.717) is 0 Å². The molecule has 3 fully saturated rings. The lowest BCUT2D eigenvalue weighted by Crippen LogP contribution is -2.57. The minimum absolute atomic E-state index is 0.734. The van der Waals surface area contributed by atoms with Crippen molar-refractivity contribution in [3.05, 3.63) is 0 Å². The number of nitrogens with one attached hydrogen (secondary N) is 1. The summed E-state index contributed by atoms with van der Waals surface area (Å²) in [5, 5.41) is 3.79. The molecule has 2 nitrogen and oxygen atoms in total. The average molecular weight is 264 g/mol. The Morgan fingerprint density at radius 1 is 1.11 bits per heavy atom. The quantitative estimate of drug-likeness (QED) is 0.789. The zero-order valence-corrected chi connectivity index (χ0v) is 13.0. The smallest absolute Gasteiger partial charge is 0.0113 e. The van der Waals surface area contributed by atoms with Crippen LogP contribution < -0.4 is 5.32 Å². The molecule has 0 amide bonds. The third-order valence-corrected chi connectivity index (χ3v) is 6.03. The van der Waals surface area contributed by atoms with Gasteiger partial charge in [-0.05, 0) is 63.3 Å². The number of nitrogens with zero attached hydrogens (tertiary/aromatic N) is 1. The van der Waals surface area contributed by atoms with E-state index in [4.69, 9.17) is 0 Å². The SMILES string of the molecule is CCCNC1CC2CCCC(C1)N2CC1(CC)CC1. The van der Waals surface area contributed by atoms with Crippen molar-refractivity contribution in [2.75, 3.05) is 13.1 Å². The van der Waals surface area contributed by atoms with E-state index in [9.17, 15) is 0 Å². The Morgan fingerprint density at radius 3 is 2.32 bits per heavy atom. The van der Waals surface area contributed by atoms with Gasteiger partial charge in [-0.2, -0.15) is 0 Å². The number of fused-ring (bicyclic) bond motifs is 2. The first kappa shape index (κ1) is 13.9. The predicted octanol–water partition coefficient (Wildman–Crippen LogP) is 3.56. The fourth-order valence-electron chi connectivity index (χ4n) is 4.44. The van der Waals surface area contributed by atoms with Crippen LogP contribution in [0.3, 0.4) is 0 Å². The second kappa shape index (κ2) is 5.73. The first-order valence-corrected chi connectivity index (χ1v) is 8.75. The van der Waals surface area contributed by atoms with E-state index in [1.807, 2.05) is 0 Å². The summed E-state index contributed by atoms with van der Waals surface area (Å²) in [6, 6.07) is 2.60. The lowest BCUT2D eigenvalue weighted by atomic mass is 9.80. The molecule has 2 saturated heterocycles. The Kier molecular flexibility index (Phi) is 4.19. The lowest BCUT2D eigenvalue weighted by molar-refractivity contribution is 0.00793. The van der Waals surface area contributed by atoms with Crippen molar-refractivity contribution >= 4 is 0 Å². The van der Waals surface area contributed by atoms with Gasteiger partial charge < -0.3 is 5.32 Å². The normalized spacial score (nSPS) is 37.3. The van der Waals surface area contributed by atoms with Gasteiger partial charge in [0, 0.05) is 24.7 Å². The van der Waals surface area contributed by atoms with Crippen molar-refractivity contribution < 1.29 is 0 Å². The monoisotopic (exact) mass is 264 g/mol. The fourth-order valence-corrected chi connectivity index (χ4v) is 4.44. The van der Waals surface area contributed by atoms with E-state index in [-0.39, 0.29) is 0 Å². The number of piperidine rings is 2. The van der Waals surface area contributed by atoms with Crippen LogP contribution in [-0.4, -0.2) is 36.1 Å². The summed E-state index contributed by atoms with van der Waals surface area (Å²) in [5.41, 5.74) is 0.734. The predicted molar refractivity (Wildman–Crippen MR) is 81.4 cm³/mol. The third-order valence-electron chi connectivity index (χ3n) is 6.03. The molecule has 110 valence electrons. The standard InChI is InChI=1S/C17H32N2/c1-3-10-18-14-11-15-6-5-7-16(12-14)19(15)13-17(4-2)8-9-17/h14-16,18H,3-13H2,1-2H3. The molecule has 2 aliphatic heterocycles. The van der Waals surface area contributed by atoms with E-state index in [0.717, 1.165) is 23.5 Å². The summed E-state index contributed by atoms with van der Waals surface area (Å²) in [5.74, 6) is 0. The molecule has 1 aliphatic carbocycles. The minimum atomic E-state index is 0.734. The summed E-state index contributed by atoms with van der Waals surface area (Å²) >= 11 is 0. The number of hydrogen-bond acceptors (Lipinski definition) is 2. The van der Waals surface area contributed by atoms with Crippen LogP contribution in [0, 0.1) is 5.41 Å². The van der Waals surface area contributed by atoms with Crippen molar-refractivity contribution in [3.8, 4) is 0 Å². The van der Waals surface area contributed by atoms with Crippen LogP contribution in [0.1, 0.15) is 71.6 Å². The van der Waals surface area contributed by atoms with E-state index in [2.05, 4.69) is 24.1 Å². The van der Waals surface area contributed by atoms with Gasteiger partial charge in [-0.25, -0.2) is 0 Å². The zero-order chi connectivity index (χ0) is 13.3. The van der Waals surface area contributed by atoms with Gasteiger partial charge in [-0.1, -0.05) is 20.3 Å². The van der Waals surface area contributed by atoms with Gasteiger partial charge in [0.05, 0.1) is 0 Å². The summed E-state index contributed by atoms with van der Waals surface area (Å²) < 4.78 is 0. The molecule has 19 heavy (non-hydrogen) atoms. The van der Waals surface area contributed by atoms with Gasteiger partial charge in [-0.3, -0.25) is 4.90 Å². The maximum atomic E-state index is 3.79. The van der Waals surface area contributed by atoms with Crippen molar-refractivity contribution in [1.29, 1.82) is 0 Å². The van der Waals surface area contributed by atoms with Gasteiger partial charge in [-0.15, -0.1) is 0 Å². The highest BCUT2D eigenvalue weighted by molar-refractivity contribution is 5.01. The second-order valence-corrected chi connectivity index (χ2v) is 7.39. The molecule has 0 aromatic rings. The molecule has 1 saturated carbocycles. The van der Waals surface area contributed by atoms with Crippen LogP contribution in [0.4, 0.5) is 0 Å². The topological polar surface area (TPSA) is 15.3 Å². The van der Waals surface area contributed by atoms with Crippen LogP contribution in [0.15, 0.2) is 0 Å². The van der Waals surface area contributed by atoms with Gasteiger partial charge in [0.2, 0.25) is 0 Å². The van der Waals surface area contributed by atoms with Crippen molar-refractivity contribution in [2.45, 2.75) is 89.8 Å². The molecule has 0 aromatic heterocycles. The van der Waals surface area contributed by atoms with E-state index < -0.39 is 0 Å². The van der Waals surface area contributed by atoms with Crippen LogP contribution in [0.5, 0.6) is 0 Å². The van der Waals surface area contributed by atoms with Crippen LogP contribution >= 0.6 is 0 Å². The molecule has 0 aromatic carbocycles. The maximum absolute atomic E-state index is 3.79. The van der Waals surface area contributed by atoms with E-state index in [1.54, 1.807) is 0 Å². The summed E-state index contributed by atoms with van der Waals surface area (Å²) in [6.07, 6.45) is 12.9. The van der Waals surface area contributed by atoms with Crippen LogP contribution in [-0.2, 0) is 0 Å². The van der Waals surface area contributed by atoms with Crippen LogP contribution in [0.2, 0.25) is 0 Å². The Labute approximate surface area is 119 Å². The minimum Gasteiger partial charge on any atom is -0.314 e. The third kappa shape index (κ3) is 3.00. The van der Waals surface area contributed by atoms with Crippen molar-refractivity contribution in [2.24, 2.45) is 5.41 Å². The molecule has 2 heterocycles. The summed E-state index contributed by atoms with van der Waals surface area (Å²) in [7, 11) is 0. The molecule has 3 aliphatic rings. The van der Waals surface area contributed by atoms with E-state index >= 15 is 0 Å². The average Bonchev–Trinajstić information content (AvgIpc) is 3.17. The molecular weight excluding hydrogens is 232 g/mol. The van der Waals surface area contributed by atoms with Crippen molar-refractivity contribution in [3.63, 3.8) is 0 Å². The molecule has 0 spiro atoms. The highest BCUT2D eigenvalue weighted by atomic mass is 15.2. The molecule has 2 heteroatoms. The Morgan fingerprint density at radius 2 is 1.79 bits per heavy atom. The Balaban J connectivity index is 1.60. The second-order valence-electron chi connectivity index (χ2n) is 7.39. The largest absolute Gasteiger partial charge is 0.314 e. The maximum Gasteiger partial charge on any atom is 0.0113 e. The van der Waals surface area contributed by atoms with Crippen LogP contribution in [0.25, 0.3) is 0 Å². The highest BCUT2D eigenvalue weighted by Crippen LogP contribution is 2.51. The first-order valence-electron chi connectivity index (χ1n) is 8.75. The molecule has 2 unspecified atom stereocenters. The molecule has 2 bridgehead atoms. The van der Waals surface area contributed by atoms with Gasteiger partial charge in [0.25, 0.3) is 0 Å². The molecule has 3 rings (SSSR count). The fraction of sp³-hybridized carbons (Fsp3) is 1.00.